The summed E-state index contributed by atoms with van der Waals surface area (Å²) in [6.07, 6.45) is 2.57. The van der Waals surface area contributed by atoms with Gasteiger partial charge in [-0.05, 0) is 55.5 Å². The molecule has 0 saturated heterocycles. The van der Waals surface area contributed by atoms with Gasteiger partial charge in [0.1, 0.15) is 6.54 Å². The Labute approximate surface area is 188 Å². The standard InChI is InChI=1S/C24H26N2O3S2/c1-4-19-9-5-7-11-22(19)26(31(28,29)20-15-13-18(2)14-16-20)17-24(27)25-21-10-6-8-12-23(21)30-3/h5-16H,4,17H2,1-3H3,(H,25,27). The van der Waals surface area contributed by atoms with E-state index in [0.717, 1.165) is 16.0 Å². The number of amides is 1. The van der Waals surface area contributed by atoms with Crippen molar-refractivity contribution < 1.29 is 13.2 Å². The van der Waals surface area contributed by atoms with Crippen molar-refractivity contribution in [1.29, 1.82) is 0 Å². The summed E-state index contributed by atoms with van der Waals surface area (Å²) in [7, 11) is -3.94. The minimum Gasteiger partial charge on any atom is -0.323 e. The van der Waals surface area contributed by atoms with Crippen LogP contribution < -0.4 is 9.62 Å². The van der Waals surface area contributed by atoms with Gasteiger partial charge in [0.05, 0.1) is 16.3 Å². The summed E-state index contributed by atoms with van der Waals surface area (Å²) in [4.78, 5) is 14.0. The van der Waals surface area contributed by atoms with E-state index in [-0.39, 0.29) is 11.4 Å². The number of benzene rings is 3. The zero-order valence-electron chi connectivity index (χ0n) is 17.8. The van der Waals surface area contributed by atoms with E-state index in [2.05, 4.69) is 5.32 Å². The first-order valence-electron chi connectivity index (χ1n) is 9.97. The molecule has 0 fully saturated rings. The van der Waals surface area contributed by atoms with Gasteiger partial charge in [0.25, 0.3) is 10.0 Å². The normalized spacial score (nSPS) is 11.2. The number of nitrogens with zero attached hydrogens (tertiary/aromatic N) is 1. The van der Waals surface area contributed by atoms with Crippen molar-refractivity contribution in [2.24, 2.45) is 0 Å². The van der Waals surface area contributed by atoms with E-state index in [1.807, 2.05) is 56.5 Å². The van der Waals surface area contributed by atoms with Crippen molar-refractivity contribution in [3.05, 3.63) is 83.9 Å². The third-order valence-corrected chi connectivity index (χ3v) is 7.49. The van der Waals surface area contributed by atoms with E-state index >= 15 is 0 Å². The van der Waals surface area contributed by atoms with Gasteiger partial charge in [-0.25, -0.2) is 8.42 Å². The number of anilines is 2. The van der Waals surface area contributed by atoms with Gasteiger partial charge in [-0.15, -0.1) is 11.8 Å². The number of rotatable bonds is 8. The van der Waals surface area contributed by atoms with Gasteiger partial charge in [-0.2, -0.15) is 0 Å². The molecular formula is C24H26N2O3S2. The SMILES string of the molecule is CCc1ccccc1N(CC(=O)Nc1ccccc1SC)S(=O)(=O)c1ccc(C)cc1. The third kappa shape index (κ3) is 5.29. The summed E-state index contributed by atoms with van der Waals surface area (Å²) in [5.41, 5.74) is 3.00. The molecule has 1 N–H and O–H groups in total. The fraction of sp³-hybridized carbons (Fsp3) is 0.208. The second-order valence-electron chi connectivity index (χ2n) is 7.06. The van der Waals surface area contributed by atoms with E-state index in [9.17, 15) is 13.2 Å². The smallest absolute Gasteiger partial charge is 0.264 e. The number of hydrogen-bond donors (Lipinski definition) is 1. The zero-order chi connectivity index (χ0) is 22.4. The molecule has 0 aromatic heterocycles. The summed E-state index contributed by atoms with van der Waals surface area (Å²) in [6.45, 7) is 3.54. The van der Waals surface area contributed by atoms with E-state index in [0.29, 0.717) is 17.8 Å². The Morgan fingerprint density at radius 1 is 0.968 bits per heavy atom. The topological polar surface area (TPSA) is 66.5 Å². The fourth-order valence-electron chi connectivity index (χ4n) is 3.26. The van der Waals surface area contributed by atoms with Crippen molar-refractivity contribution in [3.63, 3.8) is 0 Å². The molecule has 7 heteroatoms. The Hall–Kier alpha value is -2.77. The number of aryl methyl sites for hydroxylation is 2. The molecule has 0 bridgehead atoms. The van der Waals surface area contributed by atoms with Crippen LogP contribution >= 0.6 is 11.8 Å². The number of para-hydroxylation sites is 2. The van der Waals surface area contributed by atoms with Gasteiger partial charge in [0.15, 0.2) is 0 Å². The lowest BCUT2D eigenvalue weighted by molar-refractivity contribution is -0.114. The number of thioether (sulfide) groups is 1. The summed E-state index contributed by atoms with van der Waals surface area (Å²) >= 11 is 1.52. The minimum absolute atomic E-state index is 0.154. The zero-order valence-corrected chi connectivity index (χ0v) is 19.5. The molecule has 0 spiro atoms. The van der Waals surface area contributed by atoms with Crippen LogP contribution in [-0.4, -0.2) is 27.1 Å². The highest BCUT2D eigenvalue weighted by Gasteiger charge is 2.28. The van der Waals surface area contributed by atoms with Gasteiger partial charge in [-0.1, -0.05) is 55.0 Å². The Kier molecular flexibility index (Phi) is 7.41. The molecule has 162 valence electrons. The van der Waals surface area contributed by atoms with Gasteiger partial charge in [0, 0.05) is 4.90 Å². The molecule has 0 aliphatic heterocycles. The van der Waals surface area contributed by atoms with Crippen molar-refractivity contribution in [2.75, 3.05) is 22.4 Å². The van der Waals surface area contributed by atoms with Crippen LogP contribution in [0.3, 0.4) is 0 Å². The highest BCUT2D eigenvalue weighted by atomic mass is 32.2. The molecule has 1 amide bonds. The van der Waals surface area contributed by atoms with Crippen LogP contribution in [0.25, 0.3) is 0 Å². The fourth-order valence-corrected chi connectivity index (χ4v) is 5.27. The quantitative estimate of drug-likeness (QED) is 0.480. The maximum atomic E-state index is 13.6. The van der Waals surface area contributed by atoms with E-state index < -0.39 is 15.9 Å². The molecule has 0 atom stereocenters. The minimum atomic E-state index is -3.94. The predicted octanol–water partition coefficient (Wildman–Crippen LogP) is 5.11. The Balaban J connectivity index is 2.00. The Morgan fingerprint density at radius 2 is 1.61 bits per heavy atom. The summed E-state index contributed by atoms with van der Waals surface area (Å²) < 4.78 is 28.3. The van der Waals surface area contributed by atoms with E-state index in [1.54, 1.807) is 36.4 Å². The molecule has 0 aliphatic carbocycles. The molecule has 0 heterocycles. The average molecular weight is 455 g/mol. The van der Waals surface area contributed by atoms with Crippen LogP contribution in [0.4, 0.5) is 11.4 Å². The molecule has 5 nitrogen and oxygen atoms in total. The number of carbonyl (C=O) groups is 1. The van der Waals surface area contributed by atoms with Crippen molar-refractivity contribution in [2.45, 2.75) is 30.1 Å². The summed E-state index contributed by atoms with van der Waals surface area (Å²) in [6, 6.07) is 21.4. The highest BCUT2D eigenvalue weighted by molar-refractivity contribution is 7.98. The predicted molar refractivity (Wildman–Crippen MR) is 128 cm³/mol. The van der Waals surface area contributed by atoms with Crippen LogP contribution in [-0.2, 0) is 21.2 Å². The van der Waals surface area contributed by atoms with Crippen molar-refractivity contribution in [1.82, 2.24) is 0 Å². The maximum absolute atomic E-state index is 13.6. The van der Waals surface area contributed by atoms with E-state index in [4.69, 9.17) is 0 Å². The molecular weight excluding hydrogens is 428 g/mol. The third-order valence-electron chi connectivity index (χ3n) is 4.92. The molecule has 3 aromatic rings. The molecule has 0 saturated carbocycles. The Morgan fingerprint density at radius 3 is 2.29 bits per heavy atom. The molecule has 0 unspecified atom stereocenters. The van der Waals surface area contributed by atoms with Crippen LogP contribution in [0.2, 0.25) is 0 Å². The number of hydrogen-bond acceptors (Lipinski definition) is 4. The van der Waals surface area contributed by atoms with Gasteiger partial charge < -0.3 is 5.32 Å². The number of carbonyl (C=O) groups excluding carboxylic acids is 1. The van der Waals surface area contributed by atoms with E-state index in [1.165, 1.54) is 16.1 Å². The van der Waals surface area contributed by atoms with Crippen LogP contribution in [0.5, 0.6) is 0 Å². The lowest BCUT2D eigenvalue weighted by atomic mass is 10.1. The maximum Gasteiger partial charge on any atom is 0.264 e. The Bertz CT molecular complexity index is 1160. The molecule has 31 heavy (non-hydrogen) atoms. The number of sulfonamides is 1. The molecule has 3 rings (SSSR count). The van der Waals surface area contributed by atoms with Crippen LogP contribution in [0, 0.1) is 6.92 Å². The first-order valence-corrected chi connectivity index (χ1v) is 12.6. The monoisotopic (exact) mass is 454 g/mol. The first-order chi connectivity index (χ1) is 14.9. The summed E-state index contributed by atoms with van der Waals surface area (Å²) in [5.74, 6) is -0.400. The highest BCUT2D eigenvalue weighted by Crippen LogP contribution is 2.29. The second-order valence-corrected chi connectivity index (χ2v) is 9.77. The lowest BCUT2D eigenvalue weighted by Gasteiger charge is -2.26. The first kappa shape index (κ1) is 22.9. The molecule has 0 aliphatic rings. The summed E-state index contributed by atoms with van der Waals surface area (Å²) in [5, 5.41) is 2.87. The second kappa shape index (κ2) is 10.0. The van der Waals surface area contributed by atoms with Gasteiger partial charge in [-0.3, -0.25) is 9.10 Å². The van der Waals surface area contributed by atoms with Crippen molar-refractivity contribution >= 4 is 39.1 Å². The molecule has 3 aromatic carbocycles. The largest absolute Gasteiger partial charge is 0.323 e. The van der Waals surface area contributed by atoms with Crippen LogP contribution in [0.1, 0.15) is 18.1 Å². The van der Waals surface area contributed by atoms with Gasteiger partial charge in [0.2, 0.25) is 5.91 Å². The average Bonchev–Trinajstić information content (AvgIpc) is 2.78. The molecule has 0 radical (unpaired) electrons. The van der Waals surface area contributed by atoms with Crippen molar-refractivity contribution in [3.8, 4) is 0 Å². The van der Waals surface area contributed by atoms with Gasteiger partial charge >= 0.3 is 0 Å². The van der Waals surface area contributed by atoms with Crippen LogP contribution in [0.15, 0.2) is 82.6 Å². The lowest BCUT2D eigenvalue weighted by Crippen LogP contribution is -2.38. The number of nitrogens with one attached hydrogen (secondary N) is 1.